The number of hydrogen-bond donors (Lipinski definition) is 3. The Hall–Kier alpha value is -2.63. The number of nitrogens with two attached hydrogens (primary N) is 1. The molecule has 4 N–H and O–H groups in total. The van der Waals surface area contributed by atoms with Gasteiger partial charge >= 0.3 is 10.2 Å². The fourth-order valence-electron chi connectivity index (χ4n) is 5.51. The second-order valence-corrected chi connectivity index (χ2v) is 13.1. The molecule has 12 heteroatoms. The van der Waals surface area contributed by atoms with Crippen LogP contribution in [-0.4, -0.2) is 67.1 Å². The highest BCUT2D eigenvalue weighted by Gasteiger charge is 2.43. The van der Waals surface area contributed by atoms with E-state index in [0.29, 0.717) is 43.9 Å². The number of likely N-dealkylation sites (tertiary alicyclic amines) is 1. The van der Waals surface area contributed by atoms with Crippen LogP contribution in [0.1, 0.15) is 64.2 Å². The van der Waals surface area contributed by atoms with Gasteiger partial charge in [0.2, 0.25) is 17.7 Å². The van der Waals surface area contributed by atoms with E-state index in [-0.39, 0.29) is 17.7 Å². The number of halogens is 1. The Bertz CT molecular complexity index is 1190. The standard InChI is InChI=1S/C28H40ClN5O5S/c29-21-12-14-22(15-13-21)31-24(28(37)34-18-8-11-25(34)26(30)35)10-5-3-1-2-4-9-20-19-23(20)27(36)32-40(38,39)33-16-6-7-17-33/h4,9,12-15,20,23-25,31H,1-3,5-8,10-11,16-19H2,(H2,30,35)(H,32,36)/b9-4-/t20-,23+,24+,25+/m1/s1. The van der Waals surface area contributed by atoms with Gasteiger partial charge in [0, 0.05) is 36.3 Å². The highest BCUT2D eigenvalue weighted by atomic mass is 35.5. The molecule has 0 radical (unpaired) electrons. The van der Waals surface area contributed by atoms with Gasteiger partial charge in [-0.2, -0.15) is 12.7 Å². The first-order valence-electron chi connectivity index (χ1n) is 14.3. The van der Waals surface area contributed by atoms with E-state index < -0.39 is 34.1 Å². The third-order valence-electron chi connectivity index (χ3n) is 7.91. The topological polar surface area (TPSA) is 142 Å². The maximum absolute atomic E-state index is 13.4. The zero-order chi connectivity index (χ0) is 28.7. The molecule has 1 aromatic carbocycles. The zero-order valence-corrected chi connectivity index (χ0v) is 24.3. The van der Waals surface area contributed by atoms with Crippen LogP contribution in [0.3, 0.4) is 0 Å². The monoisotopic (exact) mass is 593 g/mol. The fraction of sp³-hybridized carbons (Fsp3) is 0.607. The molecule has 1 saturated carbocycles. The van der Waals surface area contributed by atoms with Gasteiger partial charge in [-0.05, 0) is 81.5 Å². The lowest BCUT2D eigenvalue weighted by atomic mass is 10.0. The molecule has 1 aliphatic carbocycles. The Morgan fingerprint density at radius 2 is 1.77 bits per heavy atom. The number of hydrogen-bond acceptors (Lipinski definition) is 6. The van der Waals surface area contributed by atoms with Crippen molar-refractivity contribution in [1.82, 2.24) is 13.9 Å². The summed E-state index contributed by atoms with van der Waals surface area (Å²) in [6.07, 6.45) is 11.9. The molecule has 4 rings (SSSR count). The van der Waals surface area contributed by atoms with Crippen LogP contribution >= 0.6 is 11.6 Å². The minimum atomic E-state index is -3.72. The quantitative estimate of drug-likeness (QED) is 0.223. The number of allylic oxidation sites excluding steroid dienone is 2. The van der Waals surface area contributed by atoms with E-state index in [1.165, 1.54) is 4.31 Å². The first kappa shape index (κ1) is 30.3. The van der Waals surface area contributed by atoms with Gasteiger partial charge in [-0.1, -0.05) is 36.6 Å². The summed E-state index contributed by atoms with van der Waals surface area (Å²) in [5.74, 6) is -1.19. The Kier molecular flexibility index (Phi) is 10.5. The van der Waals surface area contributed by atoms with Crippen LogP contribution in [0, 0.1) is 11.8 Å². The van der Waals surface area contributed by atoms with Gasteiger partial charge in [-0.3, -0.25) is 14.4 Å². The zero-order valence-electron chi connectivity index (χ0n) is 22.8. The minimum Gasteiger partial charge on any atom is -0.374 e. The molecule has 1 aromatic rings. The average Bonchev–Trinajstić information content (AvgIpc) is 3.29. The van der Waals surface area contributed by atoms with Gasteiger partial charge in [0.05, 0.1) is 0 Å². The normalized spacial score (nSPS) is 23.8. The maximum atomic E-state index is 13.4. The van der Waals surface area contributed by atoms with E-state index in [1.807, 2.05) is 18.2 Å². The Morgan fingerprint density at radius 1 is 1.05 bits per heavy atom. The number of nitrogens with one attached hydrogen (secondary N) is 2. The number of anilines is 1. The summed E-state index contributed by atoms with van der Waals surface area (Å²) < 4.78 is 28.2. The summed E-state index contributed by atoms with van der Waals surface area (Å²) in [5.41, 5.74) is 6.33. The predicted molar refractivity (Wildman–Crippen MR) is 154 cm³/mol. The molecule has 2 heterocycles. The summed E-state index contributed by atoms with van der Waals surface area (Å²) in [4.78, 5) is 39.2. The number of primary amides is 1. The van der Waals surface area contributed by atoms with E-state index in [1.54, 1.807) is 17.0 Å². The molecule has 220 valence electrons. The van der Waals surface area contributed by atoms with Crippen molar-refractivity contribution in [1.29, 1.82) is 0 Å². The van der Waals surface area contributed by atoms with Crippen molar-refractivity contribution in [2.24, 2.45) is 17.6 Å². The number of amides is 3. The van der Waals surface area contributed by atoms with Crippen molar-refractivity contribution in [3.05, 3.63) is 41.4 Å². The van der Waals surface area contributed by atoms with Gasteiger partial charge in [-0.15, -0.1) is 0 Å². The summed E-state index contributed by atoms with van der Waals surface area (Å²) in [6.45, 7) is 1.46. The molecule has 3 aliphatic rings. The van der Waals surface area contributed by atoms with Crippen LogP contribution in [0.4, 0.5) is 5.69 Å². The lowest BCUT2D eigenvalue weighted by molar-refractivity contribution is -0.138. The number of carbonyl (C=O) groups is 3. The van der Waals surface area contributed by atoms with Crippen molar-refractivity contribution in [3.8, 4) is 0 Å². The molecule has 2 aliphatic heterocycles. The molecular weight excluding hydrogens is 554 g/mol. The van der Waals surface area contributed by atoms with Crippen molar-refractivity contribution in [2.75, 3.05) is 25.0 Å². The first-order chi connectivity index (χ1) is 19.2. The van der Waals surface area contributed by atoms with Gasteiger partial charge < -0.3 is 16.0 Å². The lowest BCUT2D eigenvalue weighted by Gasteiger charge is -2.28. The number of benzene rings is 1. The van der Waals surface area contributed by atoms with Crippen LogP contribution in [0.2, 0.25) is 5.02 Å². The van der Waals surface area contributed by atoms with E-state index in [9.17, 15) is 22.8 Å². The highest BCUT2D eigenvalue weighted by molar-refractivity contribution is 7.87. The second kappa shape index (κ2) is 13.8. The maximum Gasteiger partial charge on any atom is 0.303 e. The average molecular weight is 594 g/mol. The van der Waals surface area contributed by atoms with Gasteiger partial charge in [0.15, 0.2) is 0 Å². The van der Waals surface area contributed by atoms with Crippen molar-refractivity contribution < 1.29 is 22.8 Å². The molecule has 0 spiro atoms. The smallest absolute Gasteiger partial charge is 0.303 e. The first-order valence-corrected chi connectivity index (χ1v) is 16.1. The van der Waals surface area contributed by atoms with E-state index in [2.05, 4.69) is 16.1 Å². The number of nitrogens with zero attached hydrogens (tertiary/aromatic N) is 2. The third kappa shape index (κ3) is 8.20. The number of unbranched alkanes of at least 4 members (excludes halogenated alkanes) is 3. The summed E-state index contributed by atoms with van der Waals surface area (Å²) >= 11 is 6.00. The van der Waals surface area contributed by atoms with Crippen molar-refractivity contribution in [2.45, 2.75) is 76.3 Å². The Morgan fingerprint density at radius 3 is 2.48 bits per heavy atom. The van der Waals surface area contributed by atoms with Crippen LogP contribution in [0.5, 0.6) is 0 Å². The predicted octanol–water partition coefficient (Wildman–Crippen LogP) is 3.20. The Balaban J connectivity index is 1.19. The van der Waals surface area contributed by atoms with Crippen LogP contribution < -0.4 is 15.8 Å². The number of carbonyl (C=O) groups excluding carboxylic acids is 3. The van der Waals surface area contributed by atoms with Gasteiger partial charge in [-0.25, -0.2) is 4.72 Å². The largest absolute Gasteiger partial charge is 0.374 e. The molecule has 4 atom stereocenters. The highest BCUT2D eigenvalue weighted by Crippen LogP contribution is 2.40. The molecule has 0 unspecified atom stereocenters. The SMILES string of the molecule is NC(=O)[C@@H]1CCCN1C(=O)[C@H](CCCCC/C=C\[C@@H]1C[C@@H]1C(=O)NS(=O)(=O)N1CCCC1)Nc1ccc(Cl)cc1. The molecule has 2 saturated heterocycles. The van der Waals surface area contributed by atoms with E-state index in [0.717, 1.165) is 50.6 Å². The van der Waals surface area contributed by atoms with Crippen LogP contribution in [0.25, 0.3) is 0 Å². The van der Waals surface area contributed by atoms with Crippen LogP contribution in [-0.2, 0) is 24.6 Å². The summed E-state index contributed by atoms with van der Waals surface area (Å²) in [5, 5.41) is 3.93. The van der Waals surface area contributed by atoms with Crippen molar-refractivity contribution >= 4 is 45.2 Å². The van der Waals surface area contributed by atoms with E-state index >= 15 is 0 Å². The van der Waals surface area contributed by atoms with E-state index in [4.69, 9.17) is 17.3 Å². The Labute approximate surface area is 241 Å². The molecule has 3 amide bonds. The van der Waals surface area contributed by atoms with Crippen molar-refractivity contribution in [3.63, 3.8) is 0 Å². The van der Waals surface area contributed by atoms with Gasteiger partial charge in [0.1, 0.15) is 12.1 Å². The second-order valence-electron chi connectivity index (χ2n) is 10.9. The summed E-state index contributed by atoms with van der Waals surface area (Å²) in [6, 6.07) is 6.16. The summed E-state index contributed by atoms with van der Waals surface area (Å²) in [7, 11) is -3.72. The number of rotatable bonds is 14. The van der Waals surface area contributed by atoms with Crippen LogP contribution in [0.15, 0.2) is 36.4 Å². The molecule has 10 nitrogen and oxygen atoms in total. The minimum absolute atomic E-state index is 0.0815. The fourth-order valence-corrected chi connectivity index (χ4v) is 6.91. The third-order valence-corrected chi connectivity index (χ3v) is 9.66. The lowest BCUT2D eigenvalue weighted by Crippen LogP contribution is -2.49. The molecular formula is C28H40ClN5O5S. The molecule has 0 bridgehead atoms. The molecule has 3 fully saturated rings. The molecule has 40 heavy (non-hydrogen) atoms. The molecule has 0 aromatic heterocycles. The van der Waals surface area contributed by atoms with Gasteiger partial charge in [0.25, 0.3) is 0 Å².